The van der Waals surface area contributed by atoms with Crippen molar-refractivity contribution in [3.63, 3.8) is 0 Å². The van der Waals surface area contributed by atoms with E-state index in [0.717, 1.165) is 6.42 Å². The first kappa shape index (κ1) is 9.93. The fourth-order valence-corrected chi connectivity index (χ4v) is 2.13. The number of likely N-dealkylation sites (tertiary alicyclic amines) is 1. The predicted molar refractivity (Wildman–Crippen MR) is 50.7 cm³/mol. The standard InChI is InChI=1S/C10H17NO3/c1-7-3-5-14-9(7)10(13)11-4-2-8(12)6-11/h7-9,12H,2-6H2,1H3/t7?,8-,9?/m1/s1. The normalized spacial score (nSPS) is 37.9. The van der Waals surface area contributed by atoms with Gasteiger partial charge in [-0.25, -0.2) is 0 Å². The van der Waals surface area contributed by atoms with Crippen LogP contribution in [0.1, 0.15) is 19.8 Å². The molecule has 0 aromatic heterocycles. The van der Waals surface area contributed by atoms with Crippen LogP contribution in [0.5, 0.6) is 0 Å². The third-order valence-electron chi connectivity index (χ3n) is 3.11. The van der Waals surface area contributed by atoms with E-state index in [1.165, 1.54) is 0 Å². The zero-order chi connectivity index (χ0) is 10.1. The minimum Gasteiger partial charge on any atom is -0.391 e. The smallest absolute Gasteiger partial charge is 0.252 e. The van der Waals surface area contributed by atoms with E-state index in [-0.39, 0.29) is 18.1 Å². The Hall–Kier alpha value is -0.610. The Labute approximate surface area is 83.8 Å². The average molecular weight is 199 g/mol. The number of carbonyl (C=O) groups is 1. The van der Waals surface area contributed by atoms with Gasteiger partial charge in [-0.1, -0.05) is 6.92 Å². The maximum atomic E-state index is 11.9. The highest BCUT2D eigenvalue weighted by Crippen LogP contribution is 2.23. The molecule has 2 fully saturated rings. The summed E-state index contributed by atoms with van der Waals surface area (Å²) in [6.07, 6.45) is 1.07. The van der Waals surface area contributed by atoms with Crippen molar-refractivity contribution < 1.29 is 14.6 Å². The van der Waals surface area contributed by atoms with Crippen molar-refractivity contribution in [1.29, 1.82) is 0 Å². The Morgan fingerprint density at radius 3 is 2.79 bits per heavy atom. The molecule has 3 atom stereocenters. The van der Waals surface area contributed by atoms with Crippen molar-refractivity contribution in [3.8, 4) is 0 Å². The van der Waals surface area contributed by atoms with E-state index in [9.17, 15) is 9.90 Å². The number of aliphatic hydroxyl groups is 1. The van der Waals surface area contributed by atoms with Gasteiger partial charge in [0.15, 0.2) is 0 Å². The molecule has 0 bridgehead atoms. The molecule has 80 valence electrons. The second kappa shape index (κ2) is 3.87. The number of amides is 1. The van der Waals surface area contributed by atoms with Crippen LogP contribution >= 0.6 is 0 Å². The number of carbonyl (C=O) groups excluding carboxylic acids is 1. The fraction of sp³-hybridized carbons (Fsp3) is 0.900. The summed E-state index contributed by atoms with van der Waals surface area (Å²) in [5, 5.41) is 9.32. The maximum absolute atomic E-state index is 11.9. The highest BCUT2D eigenvalue weighted by molar-refractivity contribution is 5.81. The van der Waals surface area contributed by atoms with Crippen molar-refractivity contribution in [2.24, 2.45) is 5.92 Å². The van der Waals surface area contributed by atoms with Crippen LogP contribution < -0.4 is 0 Å². The van der Waals surface area contributed by atoms with E-state index in [2.05, 4.69) is 0 Å². The number of nitrogens with zero attached hydrogens (tertiary/aromatic N) is 1. The SMILES string of the molecule is CC1CCOC1C(=O)N1CC[C@@H](O)C1. The molecular weight excluding hydrogens is 182 g/mol. The van der Waals surface area contributed by atoms with Crippen molar-refractivity contribution in [2.45, 2.75) is 32.0 Å². The second-order valence-corrected chi connectivity index (χ2v) is 4.28. The molecule has 0 aliphatic carbocycles. The van der Waals surface area contributed by atoms with Gasteiger partial charge >= 0.3 is 0 Å². The first-order valence-electron chi connectivity index (χ1n) is 5.27. The molecule has 2 saturated heterocycles. The van der Waals surface area contributed by atoms with Crippen molar-refractivity contribution in [1.82, 2.24) is 4.90 Å². The third kappa shape index (κ3) is 1.77. The number of hydrogen-bond donors (Lipinski definition) is 1. The van der Waals surface area contributed by atoms with E-state index < -0.39 is 0 Å². The van der Waals surface area contributed by atoms with Gasteiger partial charge in [0.1, 0.15) is 6.10 Å². The largest absolute Gasteiger partial charge is 0.391 e. The molecule has 0 spiro atoms. The van der Waals surface area contributed by atoms with Crippen LogP contribution in [0, 0.1) is 5.92 Å². The lowest BCUT2D eigenvalue weighted by molar-refractivity contribution is -0.141. The molecule has 4 heteroatoms. The molecule has 0 saturated carbocycles. The molecule has 2 rings (SSSR count). The lowest BCUT2D eigenvalue weighted by atomic mass is 10.0. The molecule has 0 aromatic rings. The van der Waals surface area contributed by atoms with Crippen molar-refractivity contribution >= 4 is 5.91 Å². The van der Waals surface area contributed by atoms with Crippen LogP contribution in [0.25, 0.3) is 0 Å². The van der Waals surface area contributed by atoms with Crippen LogP contribution in [0.4, 0.5) is 0 Å². The lowest BCUT2D eigenvalue weighted by Gasteiger charge is -2.21. The first-order valence-corrected chi connectivity index (χ1v) is 5.27. The molecule has 4 nitrogen and oxygen atoms in total. The van der Waals surface area contributed by atoms with Crippen molar-refractivity contribution in [3.05, 3.63) is 0 Å². The van der Waals surface area contributed by atoms with Gasteiger partial charge < -0.3 is 14.7 Å². The number of hydrogen-bond acceptors (Lipinski definition) is 3. The average Bonchev–Trinajstić information content (AvgIpc) is 2.73. The van der Waals surface area contributed by atoms with Crippen LogP contribution in [0.15, 0.2) is 0 Å². The fourth-order valence-electron chi connectivity index (χ4n) is 2.13. The van der Waals surface area contributed by atoms with Crippen LogP contribution in [0.2, 0.25) is 0 Å². The molecule has 1 amide bonds. The zero-order valence-corrected chi connectivity index (χ0v) is 8.48. The summed E-state index contributed by atoms with van der Waals surface area (Å²) in [4.78, 5) is 13.6. The zero-order valence-electron chi connectivity index (χ0n) is 8.48. The summed E-state index contributed by atoms with van der Waals surface area (Å²) >= 11 is 0. The summed E-state index contributed by atoms with van der Waals surface area (Å²) in [6.45, 7) is 3.88. The van der Waals surface area contributed by atoms with Gasteiger partial charge in [0.2, 0.25) is 0 Å². The summed E-state index contributed by atoms with van der Waals surface area (Å²) in [7, 11) is 0. The summed E-state index contributed by atoms with van der Waals surface area (Å²) in [5.41, 5.74) is 0. The lowest BCUT2D eigenvalue weighted by Crippen LogP contribution is -2.40. The quantitative estimate of drug-likeness (QED) is 0.647. The third-order valence-corrected chi connectivity index (χ3v) is 3.11. The van der Waals surface area contributed by atoms with E-state index in [1.807, 2.05) is 6.92 Å². The molecule has 2 heterocycles. The molecule has 2 aliphatic rings. The van der Waals surface area contributed by atoms with E-state index in [4.69, 9.17) is 4.74 Å². The minimum absolute atomic E-state index is 0.0616. The Balaban J connectivity index is 1.94. The maximum Gasteiger partial charge on any atom is 0.252 e. The Morgan fingerprint density at radius 1 is 1.50 bits per heavy atom. The first-order chi connectivity index (χ1) is 6.68. The molecule has 2 aliphatic heterocycles. The molecule has 2 unspecified atom stereocenters. The number of rotatable bonds is 1. The minimum atomic E-state index is -0.337. The molecule has 14 heavy (non-hydrogen) atoms. The van der Waals surface area contributed by atoms with Gasteiger partial charge in [0, 0.05) is 19.7 Å². The second-order valence-electron chi connectivity index (χ2n) is 4.28. The van der Waals surface area contributed by atoms with Gasteiger partial charge in [0.05, 0.1) is 6.10 Å². The molecular formula is C10H17NO3. The number of aliphatic hydroxyl groups excluding tert-OH is 1. The van der Waals surface area contributed by atoms with Crippen LogP contribution in [0.3, 0.4) is 0 Å². The van der Waals surface area contributed by atoms with Crippen LogP contribution in [-0.4, -0.2) is 47.8 Å². The van der Waals surface area contributed by atoms with Crippen molar-refractivity contribution in [2.75, 3.05) is 19.7 Å². The highest BCUT2D eigenvalue weighted by Gasteiger charge is 2.36. The molecule has 1 N–H and O–H groups in total. The monoisotopic (exact) mass is 199 g/mol. The summed E-state index contributed by atoms with van der Waals surface area (Å²) in [5.74, 6) is 0.381. The summed E-state index contributed by atoms with van der Waals surface area (Å²) in [6, 6.07) is 0. The number of β-amino-alcohol motifs (C(OH)–C–C–N with tert-alkyl or cyclic N) is 1. The van der Waals surface area contributed by atoms with Gasteiger partial charge in [-0.3, -0.25) is 4.79 Å². The molecule has 0 radical (unpaired) electrons. The number of ether oxygens (including phenoxy) is 1. The Morgan fingerprint density at radius 2 is 2.29 bits per heavy atom. The highest BCUT2D eigenvalue weighted by atomic mass is 16.5. The van der Waals surface area contributed by atoms with E-state index >= 15 is 0 Å². The van der Waals surface area contributed by atoms with Gasteiger partial charge in [-0.05, 0) is 18.8 Å². The van der Waals surface area contributed by atoms with Crippen LogP contribution in [-0.2, 0) is 9.53 Å². The Bertz CT molecular complexity index is 231. The summed E-state index contributed by atoms with van der Waals surface area (Å²) < 4.78 is 5.40. The van der Waals surface area contributed by atoms with Gasteiger partial charge in [-0.2, -0.15) is 0 Å². The van der Waals surface area contributed by atoms with Gasteiger partial charge in [-0.15, -0.1) is 0 Å². The molecule has 0 aromatic carbocycles. The topological polar surface area (TPSA) is 49.8 Å². The Kier molecular flexibility index (Phi) is 2.74. The van der Waals surface area contributed by atoms with E-state index in [1.54, 1.807) is 4.90 Å². The van der Waals surface area contributed by atoms with Gasteiger partial charge in [0.25, 0.3) is 5.91 Å². The predicted octanol–water partition coefficient (Wildman–Crippen LogP) is 0.00460. The van der Waals surface area contributed by atoms with E-state index in [0.29, 0.717) is 32.0 Å².